The number of aromatic nitrogens is 3. The number of hydrogen-bond acceptors (Lipinski definition) is 5. The summed E-state index contributed by atoms with van der Waals surface area (Å²) in [7, 11) is 0. The molecule has 0 saturated heterocycles. The average molecular weight is 289 g/mol. The topological polar surface area (TPSA) is 106 Å². The molecule has 0 unspecified atom stereocenters. The van der Waals surface area contributed by atoms with Crippen LogP contribution in [0.5, 0.6) is 0 Å². The van der Waals surface area contributed by atoms with Gasteiger partial charge in [0.15, 0.2) is 0 Å². The minimum Gasteiger partial charge on any atom is -0.394 e. The van der Waals surface area contributed by atoms with Gasteiger partial charge in [-0.25, -0.2) is 4.68 Å². The number of nitrogens with one attached hydrogen (secondary N) is 1. The number of carbonyl (C=O) groups excluding carboxylic acids is 1. The van der Waals surface area contributed by atoms with Crippen LogP contribution in [0.2, 0.25) is 0 Å². The van der Waals surface area contributed by atoms with Crippen molar-refractivity contribution >= 4 is 5.91 Å². The van der Waals surface area contributed by atoms with Crippen molar-refractivity contribution in [3.8, 4) is 0 Å². The van der Waals surface area contributed by atoms with Gasteiger partial charge in [0.1, 0.15) is 6.54 Å². The highest BCUT2D eigenvalue weighted by atomic mass is 16.3. The predicted octanol–water partition coefficient (Wildman–Crippen LogP) is -0.543. The summed E-state index contributed by atoms with van der Waals surface area (Å²) in [6.45, 7) is 0.221. The molecule has 0 aliphatic heterocycles. The summed E-state index contributed by atoms with van der Waals surface area (Å²) in [6, 6.07) is 9.37. The van der Waals surface area contributed by atoms with E-state index in [1.165, 1.54) is 4.68 Å². The Labute approximate surface area is 122 Å². The Morgan fingerprint density at radius 2 is 2.14 bits per heavy atom. The van der Waals surface area contributed by atoms with E-state index in [0.29, 0.717) is 12.1 Å². The predicted molar refractivity (Wildman–Crippen MR) is 77.1 cm³/mol. The molecule has 7 heteroatoms. The van der Waals surface area contributed by atoms with E-state index in [-0.39, 0.29) is 31.6 Å². The number of hydrogen-bond donors (Lipinski definition) is 3. The summed E-state index contributed by atoms with van der Waals surface area (Å²) >= 11 is 0. The molecular weight excluding hydrogens is 270 g/mol. The molecule has 21 heavy (non-hydrogen) atoms. The molecule has 2 aromatic rings. The normalized spacial score (nSPS) is 12.1. The number of carbonyl (C=O) groups is 1. The highest BCUT2D eigenvalue weighted by molar-refractivity contribution is 5.76. The molecule has 0 radical (unpaired) electrons. The Morgan fingerprint density at radius 3 is 2.76 bits per heavy atom. The first-order valence-corrected chi connectivity index (χ1v) is 6.74. The van der Waals surface area contributed by atoms with Gasteiger partial charge in [0.05, 0.1) is 24.5 Å². The van der Waals surface area contributed by atoms with Crippen LogP contribution >= 0.6 is 0 Å². The Balaban J connectivity index is 1.87. The van der Waals surface area contributed by atoms with Crippen molar-refractivity contribution in [2.45, 2.75) is 25.6 Å². The van der Waals surface area contributed by atoms with Gasteiger partial charge < -0.3 is 16.2 Å². The van der Waals surface area contributed by atoms with Crippen molar-refractivity contribution in [3.05, 3.63) is 47.8 Å². The smallest absolute Gasteiger partial charge is 0.242 e. The minimum atomic E-state index is -0.322. The first-order chi connectivity index (χ1) is 10.2. The molecule has 1 aromatic heterocycles. The van der Waals surface area contributed by atoms with Crippen LogP contribution in [0, 0.1) is 0 Å². The van der Waals surface area contributed by atoms with Crippen molar-refractivity contribution in [2.24, 2.45) is 5.73 Å². The molecule has 2 rings (SSSR count). The number of nitrogens with two attached hydrogens (primary N) is 1. The molecule has 0 spiro atoms. The lowest BCUT2D eigenvalue weighted by Crippen LogP contribution is -2.40. The fourth-order valence-corrected chi connectivity index (χ4v) is 1.99. The van der Waals surface area contributed by atoms with Gasteiger partial charge >= 0.3 is 0 Å². The monoisotopic (exact) mass is 289 g/mol. The van der Waals surface area contributed by atoms with Crippen LogP contribution < -0.4 is 11.1 Å². The van der Waals surface area contributed by atoms with E-state index in [9.17, 15) is 9.90 Å². The zero-order valence-corrected chi connectivity index (χ0v) is 11.6. The van der Waals surface area contributed by atoms with Gasteiger partial charge in [0, 0.05) is 6.54 Å². The maximum absolute atomic E-state index is 11.9. The number of aliphatic hydroxyl groups is 1. The Bertz CT molecular complexity index is 570. The van der Waals surface area contributed by atoms with Crippen molar-refractivity contribution in [2.75, 3.05) is 6.61 Å². The van der Waals surface area contributed by atoms with E-state index in [4.69, 9.17) is 5.73 Å². The lowest BCUT2D eigenvalue weighted by atomic mass is 10.1. The van der Waals surface area contributed by atoms with Crippen molar-refractivity contribution in [3.63, 3.8) is 0 Å². The summed E-state index contributed by atoms with van der Waals surface area (Å²) in [5.41, 5.74) is 7.12. The van der Waals surface area contributed by atoms with E-state index in [1.807, 2.05) is 30.3 Å². The lowest BCUT2D eigenvalue weighted by Gasteiger charge is -2.16. The van der Waals surface area contributed by atoms with E-state index >= 15 is 0 Å². The molecule has 1 atom stereocenters. The standard InChI is InChI=1S/C14H19N5O2/c15-7-13-8-19(18-17-13)9-14(21)16-12(10-20)6-11-4-2-1-3-5-11/h1-5,8,12,20H,6-7,9-10,15H2,(H,16,21)/t12-/m0/s1. The quantitative estimate of drug-likeness (QED) is 0.634. The van der Waals surface area contributed by atoms with Crippen LogP contribution in [0.25, 0.3) is 0 Å². The van der Waals surface area contributed by atoms with Crippen LogP contribution in [0.3, 0.4) is 0 Å². The van der Waals surface area contributed by atoms with Gasteiger partial charge in [0.25, 0.3) is 0 Å². The molecular formula is C14H19N5O2. The fraction of sp³-hybridized carbons (Fsp3) is 0.357. The molecule has 0 saturated carbocycles. The van der Waals surface area contributed by atoms with Crippen LogP contribution in [0.4, 0.5) is 0 Å². The fourth-order valence-electron chi connectivity index (χ4n) is 1.99. The molecule has 0 aliphatic rings. The van der Waals surface area contributed by atoms with E-state index < -0.39 is 0 Å². The largest absolute Gasteiger partial charge is 0.394 e. The summed E-state index contributed by atoms with van der Waals surface area (Å²) in [6.07, 6.45) is 2.21. The molecule has 0 aliphatic carbocycles. The summed E-state index contributed by atoms with van der Waals surface area (Å²) in [5.74, 6) is -0.224. The molecule has 0 bridgehead atoms. The van der Waals surface area contributed by atoms with Gasteiger partial charge in [-0.2, -0.15) is 0 Å². The SMILES string of the molecule is NCc1cn(CC(=O)N[C@H](CO)Cc2ccccc2)nn1. The van der Waals surface area contributed by atoms with Crippen LogP contribution in [0.1, 0.15) is 11.3 Å². The molecule has 112 valence electrons. The van der Waals surface area contributed by atoms with Crippen molar-refractivity contribution in [1.82, 2.24) is 20.3 Å². The zero-order valence-electron chi connectivity index (χ0n) is 11.6. The molecule has 1 aromatic carbocycles. The summed E-state index contributed by atoms with van der Waals surface area (Å²) in [4.78, 5) is 11.9. The highest BCUT2D eigenvalue weighted by Gasteiger charge is 2.13. The number of aliphatic hydroxyl groups excluding tert-OH is 1. The van der Waals surface area contributed by atoms with Gasteiger partial charge in [-0.1, -0.05) is 35.5 Å². The zero-order chi connectivity index (χ0) is 15.1. The molecule has 0 fully saturated rings. The Morgan fingerprint density at radius 1 is 1.38 bits per heavy atom. The van der Waals surface area contributed by atoms with Gasteiger partial charge in [-0.15, -0.1) is 5.10 Å². The third-order valence-corrected chi connectivity index (χ3v) is 3.01. The number of amides is 1. The number of benzene rings is 1. The number of nitrogens with zero attached hydrogens (tertiary/aromatic N) is 3. The molecule has 4 N–H and O–H groups in total. The second-order valence-corrected chi connectivity index (χ2v) is 4.75. The molecule has 7 nitrogen and oxygen atoms in total. The van der Waals surface area contributed by atoms with E-state index in [0.717, 1.165) is 5.56 Å². The Kier molecular flexibility index (Phi) is 5.42. The molecule has 1 amide bonds. The first kappa shape index (κ1) is 15.1. The van der Waals surface area contributed by atoms with Crippen LogP contribution in [-0.2, 0) is 24.3 Å². The second kappa shape index (κ2) is 7.51. The number of rotatable bonds is 7. The minimum absolute atomic E-state index is 0.0539. The average Bonchev–Trinajstić information content (AvgIpc) is 2.95. The second-order valence-electron chi connectivity index (χ2n) is 4.75. The third-order valence-electron chi connectivity index (χ3n) is 3.01. The highest BCUT2D eigenvalue weighted by Crippen LogP contribution is 2.03. The maximum Gasteiger partial charge on any atom is 0.242 e. The van der Waals surface area contributed by atoms with Crippen molar-refractivity contribution in [1.29, 1.82) is 0 Å². The molecule has 1 heterocycles. The van der Waals surface area contributed by atoms with Crippen molar-refractivity contribution < 1.29 is 9.90 Å². The van der Waals surface area contributed by atoms with E-state index in [2.05, 4.69) is 15.6 Å². The first-order valence-electron chi connectivity index (χ1n) is 6.74. The Hall–Kier alpha value is -2.25. The van der Waals surface area contributed by atoms with Gasteiger partial charge in [0.2, 0.25) is 5.91 Å². The van der Waals surface area contributed by atoms with Gasteiger partial charge in [-0.3, -0.25) is 4.79 Å². The van der Waals surface area contributed by atoms with Gasteiger partial charge in [-0.05, 0) is 12.0 Å². The van der Waals surface area contributed by atoms with Crippen LogP contribution in [0.15, 0.2) is 36.5 Å². The summed E-state index contributed by atoms with van der Waals surface area (Å²) < 4.78 is 1.43. The lowest BCUT2D eigenvalue weighted by molar-refractivity contribution is -0.122. The maximum atomic E-state index is 11.9. The van der Waals surface area contributed by atoms with Crippen LogP contribution in [-0.4, -0.2) is 38.7 Å². The summed E-state index contributed by atoms with van der Waals surface area (Å²) in [5, 5.41) is 19.8. The third kappa shape index (κ3) is 4.66. The van der Waals surface area contributed by atoms with E-state index in [1.54, 1.807) is 6.20 Å².